The predicted octanol–water partition coefficient (Wildman–Crippen LogP) is 2.20. The Kier molecular flexibility index (Phi) is 4.22. The lowest BCUT2D eigenvalue weighted by Crippen LogP contribution is -2.30. The van der Waals surface area contributed by atoms with Crippen molar-refractivity contribution in [3.05, 3.63) is 48.3 Å². The largest absolute Gasteiger partial charge is 0.382 e. The fourth-order valence-electron chi connectivity index (χ4n) is 3.82. The van der Waals surface area contributed by atoms with Crippen molar-refractivity contribution in [2.75, 3.05) is 36.8 Å². The SMILES string of the molecule is N#Cc1c(N2CCCNCC2)nc2c(-c3cnc4ccccc4c3)cnn2c1N. The molecule has 0 bridgehead atoms. The average molecular weight is 384 g/mol. The molecule has 0 saturated carbocycles. The number of pyridine rings is 1. The van der Waals surface area contributed by atoms with Crippen LogP contribution in [0.1, 0.15) is 12.0 Å². The molecule has 3 N–H and O–H groups in total. The molecule has 0 atom stereocenters. The number of hydrogen-bond acceptors (Lipinski definition) is 7. The zero-order valence-corrected chi connectivity index (χ0v) is 15.8. The Balaban J connectivity index is 1.70. The highest BCUT2D eigenvalue weighted by molar-refractivity contribution is 5.87. The molecule has 144 valence electrons. The first-order chi connectivity index (χ1) is 14.3. The Morgan fingerprint density at radius 3 is 2.93 bits per heavy atom. The number of anilines is 2. The summed E-state index contributed by atoms with van der Waals surface area (Å²) in [4.78, 5) is 11.5. The Bertz CT molecular complexity index is 1240. The van der Waals surface area contributed by atoms with Crippen molar-refractivity contribution in [1.29, 1.82) is 5.26 Å². The number of fused-ring (bicyclic) bond motifs is 2. The van der Waals surface area contributed by atoms with Crippen molar-refractivity contribution in [2.24, 2.45) is 0 Å². The Labute approximate surface area is 167 Å². The van der Waals surface area contributed by atoms with Gasteiger partial charge in [0.15, 0.2) is 11.5 Å². The van der Waals surface area contributed by atoms with E-state index in [4.69, 9.17) is 10.7 Å². The summed E-state index contributed by atoms with van der Waals surface area (Å²) in [6.45, 7) is 3.40. The third-order valence-corrected chi connectivity index (χ3v) is 5.32. The van der Waals surface area contributed by atoms with Gasteiger partial charge >= 0.3 is 0 Å². The van der Waals surface area contributed by atoms with E-state index in [2.05, 4.69) is 32.4 Å². The van der Waals surface area contributed by atoms with Crippen LogP contribution in [0.4, 0.5) is 11.6 Å². The zero-order chi connectivity index (χ0) is 19.8. The van der Waals surface area contributed by atoms with Crippen LogP contribution < -0.4 is 16.0 Å². The van der Waals surface area contributed by atoms with Gasteiger partial charge in [0.25, 0.3) is 0 Å². The Morgan fingerprint density at radius 2 is 2.03 bits per heavy atom. The molecule has 0 radical (unpaired) electrons. The number of nitrogen functional groups attached to an aromatic ring is 1. The molecule has 8 heteroatoms. The first-order valence-corrected chi connectivity index (χ1v) is 9.64. The maximum absolute atomic E-state index is 9.74. The van der Waals surface area contributed by atoms with Crippen LogP contribution in [0.3, 0.4) is 0 Å². The van der Waals surface area contributed by atoms with Crippen molar-refractivity contribution in [2.45, 2.75) is 6.42 Å². The van der Waals surface area contributed by atoms with Gasteiger partial charge in [0.1, 0.15) is 17.5 Å². The maximum atomic E-state index is 9.74. The van der Waals surface area contributed by atoms with Crippen LogP contribution in [0.15, 0.2) is 42.7 Å². The van der Waals surface area contributed by atoms with Gasteiger partial charge in [-0.05, 0) is 25.1 Å². The second-order valence-corrected chi connectivity index (χ2v) is 7.11. The molecule has 29 heavy (non-hydrogen) atoms. The van der Waals surface area contributed by atoms with Crippen molar-refractivity contribution >= 4 is 28.2 Å². The normalized spacial score (nSPS) is 14.8. The van der Waals surface area contributed by atoms with E-state index in [9.17, 15) is 5.26 Å². The summed E-state index contributed by atoms with van der Waals surface area (Å²) < 4.78 is 1.54. The molecule has 1 aliphatic rings. The van der Waals surface area contributed by atoms with Gasteiger partial charge in [-0.3, -0.25) is 4.98 Å². The van der Waals surface area contributed by atoms with Crippen LogP contribution in [0.25, 0.3) is 27.7 Å². The van der Waals surface area contributed by atoms with Crippen LogP contribution in [0, 0.1) is 11.3 Å². The van der Waals surface area contributed by atoms with Crippen LogP contribution in [0.5, 0.6) is 0 Å². The third kappa shape index (κ3) is 2.92. The summed E-state index contributed by atoms with van der Waals surface area (Å²) in [5.74, 6) is 0.932. The highest BCUT2D eigenvalue weighted by Gasteiger charge is 2.22. The molecule has 0 amide bonds. The van der Waals surface area contributed by atoms with Crippen LogP contribution in [0.2, 0.25) is 0 Å². The van der Waals surface area contributed by atoms with E-state index in [0.29, 0.717) is 22.8 Å². The molecule has 5 rings (SSSR count). The third-order valence-electron chi connectivity index (χ3n) is 5.32. The van der Waals surface area contributed by atoms with E-state index in [1.165, 1.54) is 0 Å². The minimum atomic E-state index is 0.310. The molecule has 0 aliphatic carbocycles. The molecular formula is C21H20N8. The first-order valence-electron chi connectivity index (χ1n) is 9.64. The van der Waals surface area contributed by atoms with Crippen molar-refractivity contribution in [1.82, 2.24) is 24.9 Å². The van der Waals surface area contributed by atoms with Crippen LogP contribution in [-0.4, -0.2) is 45.8 Å². The van der Waals surface area contributed by atoms with E-state index in [1.54, 1.807) is 10.7 Å². The molecule has 4 heterocycles. The second kappa shape index (κ2) is 7.04. The molecular weight excluding hydrogens is 364 g/mol. The van der Waals surface area contributed by atoms with Gasteiger partial charge in [0.2, 0.25) is 0 Å². The van der Waals surface area contributed by atoms with Gasteiger partial charge in [0, 0.05) is 42.3 Å². The van der Waals surface area contributed by atoms with E-state index in [-0.39, 0.29) is 0 Å². The fourth-order valence-corrected chi connectivity index (χ4v) is 3.82. The number of nitriles is 1. The number of benzene rings is 1. The number of para-hydroxylation sites is 1. The van der Waals surface area contributed by atoms with Crippen LogP contribution >= 0.6 is 0 Å². The van der Waals surface area contributed by atoms with Crippen molar-refractivity contribution < 1.29 is 0 Å². The minimum absolute atomic E-state index is 0.310. The van der Waals surface area contributed by atoms with E-state index < -0.39 is 0 Å². The molecule has 1 saturated heterocycles. The number of nitrogens with one attached hydrogen (secondary N) is 1. The lowest BCUT2D eigenvalue weighted by atomic mass is 10.1. The molecule has 8 nitrogen and oxygen atoms in total. The number of nitrogens with two attached hydrogens (primary N) is 1. The Hall–Kier alpha value is -3.70. The minimum Gasteiger partial charge on any atom is -0.382 e. The zero-order valence-electron chi connectivity index (χ0n) is 15.8. The van der Waals surface area contributed by atoms with Crippen molar-refractivity contribution in [3.63, 3.8) is 0 Å². The summed E-state index contributed by atoms with van der Waals surface area (Å²) in [7, 11) is 0. The van der Waals surface area contributed by atoms with Gasteiger partial charge in [0.05, 0.1) is 11.7 Å². The Morgan fingerprint density at radius 1 is 1.14 bits per heavy atom. The van der Waals surface area contributed by atoms with Gasteiger partial charge < -0.3 is 16.0 Å². The standard InChI is InChI=1S/C21H20N8/c22-11-16-19(23)29-21(27-20(16)28-8-3-6-24-7-9-28)17(13-26-29)15-10-14-4-1-2-5-18(14)25-12-15/h1-2,4-5,10,12-13,24H,3,6-9,23H2. The summed E-state index contributed by atoms with van der Waals surface area (Å²) in [5, 5.41) is 18.6. The number of hydrogen-bond donors (Lipinski definition) is 2. The van der Waals surface area contributed by atoms with E-state index in [0.717, 1.165) is 54.6 Å². The molecule has 0 unspecified atom stereocenters. The van der Waals surface area contributed by atoms with Gasteiger partial charge in [-0.25, -0.2) is 4.98 Å². The number of aromatic nitrogens is 4. The van der Waals surface area contributed by atoms with E-state index >= 15 is 0 Å². The van der Waals surface area contributed by atoms with Crippen molar-refractivity contribution in [3.8, 4) is 17.2 Å². The molecule has 1 aromatic carbocycles. The van der Waals surface area contributed by atoms with Crippen LogP contribution in [-0.2, 0) is 0 Å². The smallest absolute Gasteiger partial charge is 0.167 e. The van der Waals surface area contributed by atoms with Gasteiger partial charge in [-0.15, -0.1) is 0 Å². The quantitative estimate of drug-likeness (QED) is 0.545. The summed E-state index contributed by atoms with van der Waals surface area (Å²) in [6, 6.07) is 12.3. The molecule has 1 aliphatic heterocycles. The molecule has 0 spiro atoms. The summed E-state index contributed by atoms with van der Waals surface area (Å²) >= 11 is 0. The molecule has 3 aromatic heterocycles. The molecule has 1 fully saturated rings. The highest BCUT2D eigenvalue weighted by Crippen LogP contribution is 2.31. The maximum Gasteiger partial charge on any atom is 0.167 e. The second-order valence-electron chi connectivity index (χ2n) is 7.11. The monoisotopic (exact) mass is 384 g/mol. The van der Waals surface area contributed by atoms with E-state index in [1.807, 2.05) is 30.5 Å². The summed E-state index contributed by atoms with van der Waals surface area (Å²) in [5.41, 5.74) is 10.0. The predicted molar refractivity (Wildman–Crippen MR) is 113 cm³/mol. The summed E-state index contributed by atoms with van der Waals surface area (Å²) in [6.07, 6.45) is 4.54. The van der Waals surface area contributed by atoms with Gasteiger partial charge in [-0.2, -0.15) is 14.9 Å². The highest BCUT2D eigenvalue weighted by atomic mass is 15.3. The topological polar surface area (TPSA) is 108 Å². The first kappa shape index (κ1) is 17.4. The number of rotatable bonds is 2. The lowest BCUT2D eigenvalue weighted by Gasteiger charge is -2.23. The number of nitrogens with zero attached hydrogens (tertiary/aromatic N) is 6. The van der Waals surface area contributed by atoms with Gasteiger partial charge in [-0.1, -0.05) is 18.2 Å². The average Bonchev–Trinajstić information content (AvgIpc) is 2.99. The molecule has 4 aromatic rings. The fraction of sp³-hybridized carbons (Fsp3) is 0.238. The lowest BCUT2D eigenvalue weighted by molar-refractivity contribution is 0.724.